The normalized spacial score (nSPS) is 10.5. The van der Waals surface area contributed by atoms with E-state index < -0.39 is 0 Å². The van der Waals surface area contributed by atoms with E-state index in [9.17, 15) is 0 Å². The minimum Gasteiger partial charge on any atom is -0.330 e. The van der Waals surface area contributed by atoms with Gasteiger partial charge in [-0.1, -0.05) is 11.3 Å². The molecule has 2 aromatic heterocycles. The van der Waals surface area contributed by atoms with Crippen molar-refractivity contribution in [2.75, 3.05) is 6.54 Å². The Balaban J connectivity index is 2.29. The van der Waals surface area contributed by atoms with Gasteiger partial charge in [0, 0.05) is 24.4 Å². The number of hydrogen-bond acceptors (Lipinski definition) is 5. The number of hydrogen-bond donors (Lipinski definition) is 1. The Hall–Kier alpha value is -1.33. The van der Waals surface area contributed by atoms with Crippen molar-refractivity contribution in [1.29, 1.82) is 0 Å². The van der Waals surface area contributed by atoms with Crippen LogP contribution in [0.5, 0.6) is 0 Å². The van der Waals surface area contributed by atoms with Gasteiger partial charge in [0.2, 0.25) is 0 Å². The number of nitrogens with two attached hydrogens (primary N) is 1. The fourth-order valence-corrected chi connectivity index (χ4v) is 2.10. The van der Waals surface area contributed by atoms with E-state index in [2.05, 4.69) is 21.2 Å². The van der Waals surface area contributed by atoms with E-state index >= 15 is 0 Å². The SMILES string of the molecule is Cc1cncc(-c2nnc(CCN)s2)c1. The van der Waals surface area contributed by atoms with Crippen molar-refractivity contribution >= 4 is 11.3 Å². The first-order chi connectivity index (χ1) is 7.29. The van der Waals surface area contributed by atoms with Crippen LogP contribution in [0, 0.1) is 6.92 Å². The maximum Gasteiger partial charge on any atom is 0.149 e. The molecule has 2 N–H and O–H groups in total. The minimum atomic E-state index is 0.612. The van der Waals surface area contributed by atoms with Gasteiger partial charge in [-0.2, -0.15) is 0 Å². The van der Waals surface area contributed by atoms with Gasteiger partial charge >= 0.3 is 0 Å². The predicted molar refractivity (Wildman–Crippen MR) is 60.6 cm³/mol. The molecule has 0 saturated heterocycles. The topological polar surface area (TPSA) is 64.7 Å². The Bertz CT molecular complexity index is 452. The third-order valence-electron chi connectivity index (χ3n) is 1.95. The summed E-state index contributed by atoms with van der Waals surface area (Å²) < 4.78 is 0. The summed E-state index contributed by atoms with van der Waals surface area (Å²) in [6, 6.07) is 2.06. The molecule has 0 radical (unpaired) electrons. The fourth-order valence-electron chi connectivity index (χ4n) is 1.27. The summed E-state index contributed by atoms with van der Waals surface area (Å²) in [5, 5.41) is 10.1. The highest BCUT2D eigenvalue weighted by atomic mass is 32.1. The molecule has 0 bridgehead atoms. The van der Waals surface area contributed by atoms with Crippen molar-refractivity contribution in [2.24, 2.45) is 5.73 Å². The zero-order chi connectivity index (χ0) is 10.7. The largest absolute Gasteiger partial charge is 0.330 e. The quantitative estimate of drug-likeness (QED) is 0.849. The molecular weight excluding hydrogens is 208 g/mol. The van der Waals surface area contributed by atoms with Crippen LogP contribution < -0.4 is 5.73 Å². The third kappa shape index (κ3) is 2.37. The van der Waals surface area contributed by atoms with Gasteiger partial charge in [0.05, 0.1) is 0 Å². The maximum atomic E-state index is 5.46. The lowest BCUT2D eigenvalue weighted by Crippen LogP contribution is -2.01. The number of pyridine rings is 1. The number of rotatable bonds is 3. The molecule has 0 aliphatic heterocycles. The lowest BCUT2D eigenvalue weighted by atomic mass is 10.2. The molecule has 15 heavy (non-hydrogen) atoms. The number of nitrogens with zero attached hydrogens (tertiary/aromatic N) is 3. The molecule has 0 aliphatic carbocycles. The summed E-state index contributed by atoms with van der Waals surface area (Å²) in [5.74, 6) is 0. The molecule has 4 nitrogen and oxygen atoms in total. The highest BCUT2D eigenvalue weighted by Crippen LogP contribution is 2.23. The summed E-state index contributed by atoms with van der Waals surface area (Å²) in [7, 11) is 0. The van der Waals surface area contributed by atoms with Crippen molar-refractivity contribution in [3.05, 3.63) is 29.0 Å². The Morgan fingerprint density at radius 3 is 2.93 bits per heavy atom. The third-order valence-corrected chi connectivity index (χ3v) is 2.98. The second-order valence-electron chi connectivity index (χ2n) is 3.29. The van der Waals surface area contributed by atoms with Gasteiger partial charge in [0.25, 0.3) is 0 Å². The molecule has 0 unspecified atom stereocenters. The van der Waals surface area contributed by atoms with E-state index in [-0.39, 0.29) is 0 Å². The molecular formula is C10H12N4S. The fraction of sp³-hybridized carbons (Fsp3) is 0.300. The van der Waals surface area contributed by atoms with Crippen molar-refractivity contribution in [3.63, 3.8) is 0 Å². The Labute approximate surface area is 92.2 Å². The van der Waals surface area contributed by atoms with Crippen LogP contribution >= 0.6 is 11.3 Å². The predicted octanol–water partition coefficient (Wildman–Crippen LogP) is 1.41. The van der Waals surface area contributed by atoms with Crippen LogP contribution in [-0.4, -0.2) is 21.7 Å². The van der Waals surface area contributed by atoms with Gasteiger partial charge in [0.1, 0.15) is 10.0 Å². The molecule has 5 heteroatoms. The molecule has 0 amide bonds. The summed E-state index contributed by atoms with van der Waals surface area (Å²) in [6.45, 7) is 2.62. The second-order valence-corrected chi connectivity index (χ2v) is 4.35. The minimum absolute atomic E-state index is 0.612. The van der Waals surface area contributed by atoms with Crippen LogP contribution in [0.15, 0.2) is 18.5 Å². The highest BCUT2D eigenvalue weighted by molar-refractivity contribution is 7.14. The van der Waals surface area contributed by atoms with E-state index in [1.807, 2.05) is 13.1 Å². The van der Waals surface area contributed by atoms with Crippen LogP contribution in [-0.2, 0) is 6.42 Å². The Morgan fingerprint density at radius 2 is 2.20 bits per heavy atom. The summed E-state index contributed by atoms with van der Waals surface area (Å²) in [6.07, 6.45) is 4.42. The van der Waals surface area contributed by atoms with Gasteiger partial charge in [-0.05, 0) is 25.1 Å². The zero-order valence-corrected chi connectivity index (χ0v) is 9.29. The first-order valence-electron chi connectivity index (χ1n) is 4.74. The zero-order valence-electron chi connectivity index (χ0n) is 8.47. The number of aromatic nitrogens is 3. The van der Waals surface area contributed by atoms with Gasteiger partial charge in [-0.15, -0.1) is 10.2 Å². The monoisotopic (exact) mass is 220 g/mol. The molecule has 0 aliphatic rings. The molecule has 2 heterocycles. The average molecular weight is 220 g/mol. The van der Waals surface area contributed by atoms with E-state index in [1.54, 1.807) is 17.5 Å². The standard InChI is InChI=1S/C10H12N4S/c1-7-4-8(6-12-5-7)10-14-13-9(15-10)2-3-11/h4-6H,2-3,11H2,1H3. The van der Waals surface area contributed by atoms with Crippen molar-refractivity contribution in [1.82, 2.24) is 15.2 Å². The molecule has 0 spiro atoms. The van der Waals surface area contributed by atoms with Gasteiger partial charge in [0.15, 0.2) is 0 Å². The van der Waals surface area contributed by atoms with Gasteiger partial charge in [-0.3, -0.25) is 4.98 Å². The maximum absolute atomic E-state index is 5.46. The highest BCUT2D eigenvalue weighted by Gasteiger charge is 2.06. The van der Waals surface area contributed by atoms with E-state index in [4.69, 9.17) is 5.73 Å². The molecule has 0 fully saturated rings. The second kappa shape index (κ2) is 4.46. The lowest BCUT2D eigenvalue weighted by Gasteiger charge is -1.95. The summed E-state index contributed by atoms with van der Waals surface area (Å²) in [5.41, 5.74) is 7.61. The van der Waals surface area contributed by atoms with Crippen LogP contribution in [0.4, 0.5) is 0 Å². The molecule has 78 valence electrons. The molecule has 0 atom stereocenters. The molecule has 0 aromatic carbocycles. The van der Waals surface area contributed by atoms with Crippen molar-refractivity contribution in [2.45, 2.75) is 13.3 Å². The van der Waals surface area contributed by atoms with Crippen LogP contribution in [0.1, 0.15) is 10.6 Å². The van der Waals surface area contributed by atoms with Crippen LogP contribution in [0.25, 0.3) is 10.6 Å². The van der Waals surface area contributed by atoms with Gasteiger partial charge < -0.3 is 5.73 Å². The van der Waals surface area contributed by atoms with E-state index in [0.29, 0.717) is 6.54 Å². The van der Waals surface area contributed by atoms with Crippen LogP contribution in [0.3, 0.4) is 0 Å². The Kier molecular flexibility index (Phi) is 3.03. The van der Waals surface area contributed by atoms with Gasteiger partial charge in [-0.25, -0.2) is 0 Å². The van der Waals surface area contributed by atoms with E-state index in [1.165, 1.54) is 0 Å². The summed E-state index contributed by atoms with van der Waals surface area (Å²) in [4.78, 5) is 4.13. The average Bonchev–Trinajstić information content (AvgIpc) is 2.67. The smallest absolute Gasteiger partial charge is 0.149 e. The van der Waals surface area contributed by atoms with Crippen molar-refractivity contribution in [3.8, 4) is 10.6 Å². The molecule has 2 rings (SSSR count). The van der Waals surface area contributed by atoms with Crippen molar-refractivity contribution < 1.29 is 0 Å². The lowest BCUT2D eigenvalue weighted by molar-refractivity contribution is 0.913. The number of aryl methyl sites for hydroxylation is 1. The first kappa shape index (κ1) is 10.2. The molecule has 2 aromatic rings. The summed E-state index contributed by atoms with van der Waals surface area (Å²) >= 11 is 1.58. The molecule has 0 saturated carbocycles. The first-order valence-corrected chi connectivity index (χ1v) is 5.55. The Morgan fingerprint density at radius 1 is 1.33 bits per heavy atom. The van der Waals surface area contributed by atoms with E-state index in [0.717, 1.165) is 27.6 Å². The van der Waals surface area contributed by atoms with Crippen LogP contribution in [0.2, 0.25) is 0 Å².